The van der Waals surface area contributed by atoms with Gasteiger partial charge in [0.05, 0.1) is 0 Å². The molecule has 0 nitrogen and oxygen atoms in total. The van der Waals surface area contributed by atoms with Crippen molar-refractivity contribution in [2.45, 2.75) is 25.7 Å². The number of rotatable bonds is 0. The zero-order valence-corrected chi connectivity index (χ0v) is 7.45. The van der Waals surface area contributed by atoms with E-state index in [2.05, 4.69) is 0 Å². The van der Waals surface area contributed by atoms with Crippen LogP contribution in [-0.4, -0.2) is 0 Å². The van der Waals surface area contributed by atoms with Gasteiger partial charge < -0.3 is 0 Å². The Balaban J connectivity index is 1.62. The predicted octanol–water partition coefficient (Wildman–Crippen LogP) is 2.54. The predicted molar refractivity (Wildman–Crippen MR) is 46.4 cm³/mol. The maximum atomic E-state index is 1.65. The van der Waals surface area contributed by atoms with Crippen molar-refractivity contribution in [2.24, 2.45) is 47.3 Å². The molecule has 64 valence electrons. The Morgan fingerprint density at radius 3 is 1.08 bits per heavy atom. The molecule has 5 rings (SSSR count). The molecule has 0 spiro atoms. The molecule has 7 unspecified atom stereocenters. The van der Waals surface area contributed by atoms with Gasteiger partial charge in [0, 0.05) is 0 Å². The lowest BCUT2D eigenvalue weighted by molar-refractivity contribution is -0.293. The minimum atomic E-state index is 1.24. The fourth-order valence-electron chi connectivity index (χ4n) is 5.94. The van der Waals surface area contributed by atoms with Crippen molar-refractivity contribution < 1.29 is 0 Å². The van der Waals surface area contributed by atoms with E-state index in [1.54, 1.807) is 25.7 Å². The fraction of sp³-hybridized carbons (Fsp3) is 1.00. The molecule has 0 heterocycles. The molecule has 5 aliphatic rings. The third kappa shape index (κ3) is 0.352. The van der Waals surface area contributed by atoms with Crippen LogP contribution in [0.25, 0.3) is 0 Å². The lowest BCUT2D eigenvalue weighted by atomic mass is 9.27. The molecule has 0 saturated heterocycles. The SMILES string of the molecule is C1C2CC3C2C1C1CC2C[C@@H]3C21. The lowest BCUT2D eigenvalue weighted by Gasteiger charge is -2.78. The van der Waals surface area contributed by atoms with Crippen LogP contribution in [0.2, 0.25) is 0 Å². The van der Waals surface area contributed by atoms with E-state index in [4.69, 9.17) is 0 Å². The number of hydrogen-bond acceptors (Lipinski definition) is 0. The quantitative estimate of drug-likeness (QED) is 0.511. The summed E-state index contributed by atoms with van der Waals surface area (Å²) in [6.45, 7) is 0. The number of fused-ring (bicyclic) bond motifs is 2. The molecule has 0 aromatic heterocycles. The van der Waals surface area contributed by atoms with Gasteiger partial charge in [-0.05, 0) is 73.0 Å². The Kier molecular flexibility index (Phi) is 0.663. The van der Waals surface area contributed by atoms with Crippen LogP contribution in [0.15, 0.2) is 0 Å². The first-order valence-electron chi connectivity index (χ1n) is 5.93. The van der Waals surface area contributed by atoms with Gasteiger partial charge in [-0.2, -0.15) is 0 Å². The van der Waals surface area contributed by atoms with Gasteiger partial charge in [-0.15, -0.1) is 0 Å². The first-order valence-corrected chi connectivity index (χ1v) is 5.93. The molecule has 12 heavy (non-hydrogen) atoms. The van der Waals surface area contributed by atoms with E-state index < -0.39 is 0 Å². The van der Waals surface area contributed by atoms with Crippen LogP contribution in [0.3, 0.4) is 0 Å². The summed E-state index contributed by atoms with van der Waals surface area (Å²) in [4.78, 5) is 0. The van der Waals surface area contributed by atoms with Crippen LogP contribution in [0, 0.1) is 47.3 Å². The van der Waals surface area contributed by atoms with Crippen LogP contribution in [0.5, 0.6) is 0 Å². The highest BCUT2D eigenvalue weighted by Gasteiger charge is 2.71. The molecule has 5 fully saturated rings. The van der Waals surface area contributed by atoms with Gasteiger partial charge in [-0.1, -0.05) is 0 Å². The summed E-state index contributed by atoms with van der Waals surface area (Å²) in [6, 6.07) is 0. The zero-order chi connectivity index (χ0) is 7.45. The van der Waals surface area contributed by atoms with Crippen molar-refractivity contribution in [1.29, 1.82) is 0 Å². The summed E-state index contributed by atoms with van der Waals surface area (Å²) >= 11 is 0. The Morgan fingerprint density at radius 1 is 0.500 bits per heavy atom. The normalized spacial score (nSPS) is 80.0. The molecule has 0 bridgehead atoms. The summed E-state index contributed by atoms with van der Waals surface area (Å²) in [5, 5.41) is 0. The van der Waals surface area contributed by atoms with Gasteiger partial charge in [0.2, 0.25) is 0 Å². The van der Waals surface area contributed by atoms with E-state index in [0.29, 0.717) is 0 Å². The third-order valence-corrected chi connectivity index (χ3v) is 6.47. The zero-order valence-electron chi connectivity index (χ0n) is 7.45. The minimum Gasteiger partial charge on any atom is -0.0467 e. The molecule has 0 aromatic rings. The largest absolute Gasteiger partial charge is 0.0467 e. The Bertz CT molecular complexity index is 204. The monoisotopic (exact) mass is 160 g/mol. The van der Waals surface area contributed by atoms with Gasteiger partial charge in [-0.25, -0.2) is 0 Å². The second kappa shape index (κ2) is 1.40. The molecule has 8 atom stereocenters. The molecule has 0 N–H and O–H groups in total. The van der Waals surface area contributed by atoms with E-state index in [0.717, 1.165) is 0 Å². The maximum absolute atomic E-state index is 1.65. The molecule has 0 heteroatoms. The van der Waals surface area contributed by atoms with E-state index in [-0.39, 0.29) is 0 Å². The van der Waals surface area contributed by atoms with Gasteiger partial charge in [-0.3, -0.25) is 0 Å². The second-order valence-corrected chi connectivity index (χ2v) is 6.27. The van der Waals surface area contributed by atoms with Gasteiger partial charge in [0.1, 0.15) is 0 Å². The van der Waals surface area contributed by atoms with Crippen molar-refractivity contribution in [3.8, 4) is 0 Å². The van der Waals surface area contributed by atoms with Crippen LogP contribution in [-0.2, 0) is 0 Å². The topological polar surface area (TPSA) is 0 Å². The van der Waals surface area contributed by atoms with Crippen molar-refractivity contribution in [2.75, 3.05) is 0 Å². The van der Waals surface area contributed by atoms with Gasteiger partial charge in [0.15, 0.2) is 0 Å². The second-order valence-electron chi connectivity index (χ2n) is 6.27. The van der Waals surface area contributed by atoms with Crippen molar-refractivity contribution in [1.82, 2.24) is 0 Å². The first kappa shape index (κ1) is 5.67. The Morgan fingerprint density at radius 2 is 0.833 bits per heavy atom. The smallest absolute Gasteiger partial charge is 0.0323 e. The molecule has 5 saturated carbocycles. The average Bonchev–Trinajstić information content (AvgIpc) is 1.98. The van der Waals surface area contributed by atoms with Gasteiger partial charge in [0.25, 0.3) is 0 Å². The molecular weight excluding hydrogens is 144 g/mol. The highest BCUT2D eigenvalue weighted by atomic mass is 14.8. The summed E-state index contributed by atoms with van der Waals surface area (Å²) in [5.74, 6) is 10.0. The average molecular weight is 160 g/mol. The van der Waals surface area contributed by atoms with Crippen LogP contribution in [0.4, 0.5) is 0 Å². The van der Waals surface area contributed by atoms with Crippen molar-refractivity contribution in [3.05, 3.63) is 0 Å². The highest BCUT2D eigenvalue weighted by molar-refractivity contribution is 5.20. The summed E-state index contributed by atoms with van der Waals surface area (Å²) in [5.41, 5.74) is 0. The molecule has 0 radical (unpaired) electrons. The van der Waals surface area contributed by atoms with Crippen LogP contribution in [0.1, 0.15) is 25.7 Å². The Labute approximate surface area is 73.7 Å². The molecule has 5 aliphatic carbocycles. The molecule has 0 aliphatic heterocycles. The third-order valence-electron chi connectivity index (χ3n) is 6.47. The van der Waals surface area contributed by atoms with Crippen LogP contribution >= 0.6 is 0 Å². The molecule has 0 amide bonds. The van der Waals surface area contributed by atoms with E-state index >= 15 is 0 Å². The fourth-order valence-corrected chi connectivity index (χ4v) is 5.94. The lowest BCUT2D eigenvalue weighted by Crippen LogP contribution is -2.71. The van der Waals surface area contributed by atoms with E-state index in [9.17, 15) is 0 Å². The Hall–Kier alpha value is 0. The summed E-state index contributed by atoms with van der Waals surface area (Å²) < 4.78 is 0. The van der Waals surface area contributed by atoms with Crippen molar-refractivity contribution >= 4 is 0 Å². The van der Waals surface area contributed by atoms with E-state index in [1.807, 2.05) is 0 Å². The maximum Gasteiger partial charge on any atom is -0.0323 e. The summed E-state index contributed by atoms with van der Waals surface area (Å²) in [7, 11) is 0. The molecule has 0 aromatic carbocycles. The first-order chi connectivity index (χ1) is 5.93. The standard InChI is InChI=1S/C12H16/c1-5-2-9-10-4-6-3-8(12(6)10)7(1)11(5)9/h5-12H,1-4H2/t5?,6?,7-,8?,9?,10?,11?,12?/m0/s1. The summed E-state index contributed by atoms with van der Waals surface area (Å²) in [6.07, 6.45) is 6.62. The molecular formula is C12H16. The number of hydrogen-bond donors (Lipinski definition) is 0. The minimum absolute atomic E-state index is 1.24. The van der Waals surface area contributed by atoms with Gasteiger partial charge >= 0.3 is 0 Å². The van der Waals surface area contributed by atoms with Crippen molar-refractivity contribution in [3.63, 3.8) is 0 Å². The van der Waals surface area contributed by atoms with Crippen LogP contribution < -0.4 is 0 Å². The highest BCUT2D eigenvalue weighted by Crippen LogP contribution is 2.78. The van der Waals surface area contributed by atoms with E-state index in [1.165, 1.54) is 47.3 Å².